The molecule has 0 radical (unpaired) electrons. The summed E-state index contributed by atoms with van der Waals surface area (Å²) in [5, 5.41) is 8.84. The molecule has 3 N–H and O–H groups in total. The molecule has 3 amide bonds. The first kappa shape index (κ1) is 25.5. The zero-order chi connectivity index (χ0) is 25.2. The van der Waals surface area contributed by atoms with E-state index in [0.29, 0.717) is 29.9 Å². The van der Waals surface area contributed by atoms with Crippen LogP contribution in [0.3, 0.4) is 0 Å². The van der Waals surface area contributed by atoms with Crippen molar-refractivity contribution >= 4 is 29.1 Å². The van der Waals surface area contributed by atoms with Gasteiger partial charge in [0.1, 0.15) is 0 Å². The van der Waals surface area contributed by atoms with E-state index in [9.17, 15) is 14.4 Å². The third-order valence-electron chi connectivity index (χ3n) is 5.69. The Hall–Kier alpha value is -4.13. The lowest BCUT2D eigenvalue weighted by molar-refractivity contribution is -0.114. The lowest BCUT2D eigenvalue weighted by Crippen LogP contribution is -2.30. The highest BCUT2D eigenvalue weighted by molar-refractivity contribution is 5.98. The van der Waals surface area contributed by atoms with Crippen LogP contribution in [0.1, 0.15) is 53.1 Å². The summed E-state index contributed by atoms with van der Waals surface area (Å²) in [6.45, 7) is 7.18. The van der Waals surface area contributed by atoms with Gasteiger partial charge in [-0.05, 0) is 68.8 Å². The molecule has 0 aliphatic heterocycles. The Bertz CT molecular complexity index is 1140. The lowest BCUT2D eigenvalue weighted by atomic mass is 10.1. The molecule has 0 saturated heterocycles. The molecule has 3 aromatic carbocycles. The average Bonchev–Trinajstić information content (AvgIpc) is 2.89. The van der Waals surface area contributed by atoms with E-state index in [-0.39, 0.29) is 30.3 Å². The Morgan fingerprint density at radius 2 is 1.49 bits per heavy atom. The van der Waals surface area contributed by atoms with Gasteiger partial charge in [0.2, 0.25) is 5.91 Å². The Kier molecular flexibility index (Phi) is 9.01. The van der Waals surface area contributed by atoms with Crippen LogP contribution in [0.5, 0.6) is 0 Å². The maximum Gasteiger partial charge on any atom is 0.253 e. The summed E-state index contributed by atoms with van der Waals surface area (Å²) < 4.78 is 0. The molecule has 0 aliphatic carbocycles. The highest BCUT2D eigenvalue weighted by atomic mass is 16.2. The molecule has 0 fully saturated rings. The van der Waals surface area contributed by atoms with E-state index in [1.807, 2.05) is 51.1 Å². The summed E-state index contributed by atoms with van der Waals surface area (Å²) in [4.78, 5) is 39.3. The van der Waals surface area contributed by atoms with Gasteiger partial charge in [0, 0.05) is 35.6 Å². The van der Waals surface area contributed by atoms with Crippen molar-refractivity contribution in [3.63, 3.8) is 0 Å². The molecule has 0 aromatic heterocycles. The molecule has 3 aromatic rings. The summed E-state index contributed by atoms with van der Waals surface area (Å²) in [6, 6.07) is 23.5. The van der Waals surface area contributed by atoms with Crippen LogP contribution >= 0.6 is 0 Å². The fourth-order valence-electron chi connectivity index (χ4n) is 3.65. The van der Waals surface area contributed by atoms with E-state index in [0.717, 1.165) is 11.3 Å². The van der Waals surface area contributed by atoms with E-state index < -0.39 is 0 Å². The predicted octanol–water partition coefficient (Wildman–Crippen LogP) is 4.71. The predicted molar refractivity (Wildman–Crippen MR) is 140 cm³/mol. The van der Waals surface area contributed by atoms with E-state index in [2.05, 4.69) is 16.0 Å². The number of benzene rings is 3. The third-order valence-corrected chi connectivity index (χ3v) is 5.69. The van der Waals surface area contributed by atoms with E-state index in [1.54, 1.807) is 53.4 Å². The summed E-state index contributed by atoms with van der Waals surface area (Å²) in [7, 11) is 0. The minimum Gasteiger partial charge on any atom is -0.376 e. The number of hydrogen-bond acceptors (Lipinski definition) is 4. The number of amides is 3. The highest BCUT2D eigenvalue weighted by Gasteiger charge is 2.13. The summed E-state index contributed by atoms with van der Waals surface area (Å²) in [5.41, 5.74) is 3.37. The van der Waals surface area contributed by atoms with Crippen LogP contribution in [0.2, 0.25) is 0 Å². The fraction of sp³-hybridized carbons (Fsp3) is 0.250. The van der Waals surface area contributed by atoms with E-state index in [4.69, 9.17) is 0 Å². The summed E-state index contributed by atoms with van der Waals surface area (Å²) in [5.74, 6) is -0.472. The zero-order valence-corrected chi connectivity index (χ0v) is 20.4. The Morgan fingerprint density at radius 1 is 0.800 bits per heavy atom. The molecule has 7 nitrogen and oxygen atoms in total. The van der Waals surface area contributed by atoms with Gasteiger partial charge >= 0.3 is 0 Å². The average molecular weight is 473 g/mol. The second-order valence-electron chi connectivity index (χ2n) is 8.14. The standard InChI is InChI=1S/C28H32N4O3/c1-4-32(5-2)28(35)22-14-16-24(17-15-22)29-19-26(33)31-25-13-9-12-23(18-25)27(34)30-20(3)21-10-7-6-8-11-21/h6-18,20,29H,4-5,19H2,1-3H3,(H,30,34)(H,31,33). The van der Waals surface area contributed by atoms with Gasteiger partial charge in [0.15, 0.2) is 0 Å². The van der Waals surface area contributed by atoms with Crippen molar-refractivity contribution in [2.45, 2.75) is 26.8 Å². The number of nitrogens with one attached hydrogen (secondary N) is 3. The van der Waals surface area contributed by atoms with Crippen molar-refractivity contribution in [1.29, 1.82) is 0 Å². The molecule has 0 saturated carbocycles. The van der Waals surface area contributed by atoms with Gasteiger partial charge in [-0.25, -0.2) is 0 Å². The van der Waals surface area contributed by atoms with Crippen LogP contribution in [0.15, 0.2) is 78.9 Å². The third kappa shape index (κ3) is 7.17. The van der Waals surface area contributed by atoms with Gasteiger partial charge in [0.25, 0.3) is 11.8 Å². The van der Waals surface area contributed by atoms with Crippen molar-refractivity contribution in [3.05, 3.63) is 95.6 Å². The molecule has 0 spiro atoms. The molecule has 1 unspecified atom stereocenters. The fourth-order valence-corrected chi connectivity index (χ4v) is 3.65. The first-order valence-electron chi connectivity index (χ1n) is 11.8. The lowest BCUT2D eigenvalue weighted by Gasteiger charge is -2.18. The van der Waals surface area contributed by atoms with Gasteiger partial charge in [-0.2, -0.15) is 0 Å². The Labute approximate surface area is 206 Å². The van der Waals surface area contributed by atoms with E-state index >= 15 is 0 Å². The molecule has 0 bridgehead atoms. The Balaban J connectivity index is 1.53. The van der Waals surface area contributed by atoms with Crippen LogP contribution in [0.25, 0.3) is 0 Å². The highest BCUT2D eigenvalue weighted by Crippen LogP contribution is 2.15. The topological polar surface area (TPSA) is 90.5 Å². The maximum absolute atomic E-state index is 12.7. The second-order valence-corrected chi connectivity index (χ2v) is 8.14. The van der Waals surface area contributed by atoms with Crippen LogP contribution in [-0.4, -0.2) is 42.3 Å². The molecule has 3 rings (SSSR count). The van der Waals surface area contributed by atoms with Crippen LogP contribution in [-0.2, 0) is 4.79 Å². The first-order valence-corrected chi connectivity index (χ1v) is 11.8. The van der Waals surface area contributed by atoms with Gasteiger partial charge < -0.3 is 20.9 Å². The van der Waals surface area contributed by atoms with Crippen molar-refractivity contribution in [2.75, 3.05) is 30.3 Å². The normalized spacial score (nSPS) is 11.3. The van der Waals surface area contributed by atoms with E-state index in [1.165, 1.54) is 0 Å². The molecule has 7 heteroatoms. The quantitative estimate of drug-likeness (QED) is 0.399. The number of carbonyl (C=O) groups is 3. The van der Waals surface area contributed by atoms with Gasteiger partial charge in [0.05, 0.1) is 12.6 Å². The van der Waals surface area contributed by atoms with Crippen LogP contribution in [0.4, 0.5) is 11.4 Å². The Morgan fingerprint density at radius 3 is 2.14 bits per heavy atom. The smallest absolute Gasteiger partial charge is 0.253 e. The molecule has 35 heavy (non-hydrogen) atoms. The number of rotatable bonds is 10. The molecule has 1 atom stereocenters. The monoisotopic (exact) mass is 472 g/mol. The summed E-state index contributed by atoms with van der Waals surface area (Å²) in [6.07, 6.45) is 0. The van der Waals surface area contributed by atoms with Crippen molar-refractivity contribution in [2.24, 2.45) is 0 Å². The molecular formula is C28H32N4O3. The number of nitrogens with zero attached hydrogens (tertiary/aromatic N) is 1. The molecule has 0 aliphatic rings. The SMILES string of the molecule is CCN(CC)C(=O)c1ccc(NCC(=O)Nc2cccc(C(=O)NC(C)c3ccccc3)c2)cc1. The number of hydrogen-bond donors (Lipinski definition) is 3. The molecule has 0 heterocycles. The second kappa shape index (κ2) is 12.4. The van der Waals surface area contributed by atoms with Gasteiger partial charge in [-0.1, -0.05) is 36.4 Å². The largest absolute Gasteiger partial charge is 0.376 e. The number of carbonyl (C=O) groups excluding carboxylic acids is 3. The van der Waals surface area contributed by atoms with Crippen molar-refractivity contribution in [3.8, 4) is 0 Å². The minimum atomic E-state index is -0.247. The van der Waals surface area contributed by atoms with Crippen molar-refractivity contribution < 1.29 is 14.4 Å². The molecular weight excluding hydrogens is 440 g/mol. The summed E-state index contributed by atoms with van der Waals surface area (Å²) >= 11 is 0. The first-order chi connectivity index (χ1) is 16.9. The van der Waals surface area contributed by atoms with Gasteiger partial charge in [-0.3, -0.25) is 14.4 Å². The van der Waals surface area contributed by atoms with Crippen LogP contribution in [0, 0.1) is 0 Å². The number of anilines is 2. The van der Waals surface area contributed by atoms with Crippen LogP contribution < -0.4 is 16.0 Å². The van der Waals surface area contributed by atoms with Gasteiger partial charge in [-0.15, -0.1) is 0 Å². The molecule has 182 valence electrons. The minimum absolute atomic E-state index is 0.0126. The zero-order valence-electron chi connectivity index (χ0n) is 20.4. The maximum atomic E-state index is 12.7. The van der Waals surface area contributed by atoms with Crippen molar-refractivity contribution in [1.82, 2.24) is 10.2 Å².